The van der Waals surface area contributed by atoms with Crippen LogP contribution >= 0.6 is 0 Å². The summed E-state index contributed by atoms with van der Waals surface area (Å²) in [7, 11) is 0. The Labute approximate surface area is 173 Å². The van der Waals surface area contributed by atoms with E-state index < -0.39 is 16.9 Å². The van der Waals surface area contributed by atoms with Crippen LogP contribution in [0.15, 0.2) is 84.9 Å². The fraction of sp³-hybridized carbons (Fsp3) is 0.130. The van der Waals surface area contributed by atoms with E-state index in [1.807, 2.05) is 30.3 Å². The Kier molecular flexibility index (Phi) is 6.89. The van der Waals surface area contributed by atoms with Gasteiger partial charge in [0.25, 0.3) is 11.6 Å². The Morgan fingerprint density at radius 3 is 2.07 bits per heavy atom. The molecule has 152 valence electrons. The van der Waals surface area contributed by atoms with Gasteiger partial charge in [0.05, 0.1) is 4.92 Å². The number of nitro groups is 1. The minimum atomic E-state index is -0.877. The lowest BCUT2D eigenvalue weighted by Gasteiger charge is -2.18. The predicted octanol–water partition coefficient (Wildman–Crippen LogP) is 3.68. The number of nitrogens with one attached hydrogen (secondary N) is 1. The van der Waals surface area contributed by atoms with Crippen molar-refractivity contribution in [2.45, 2.75) is 19.1 Å². The van der Waals surface area contributed by atoms with Crippen LogP contribution < -0.4 is 5.32 Å². The Bertz CT molecular complexity index is 1000. The van der Waals surface area contributed by atoms with E-state index >= 15 is 0 Å². The van der Waals surface area contributed by atoms with Crippen LogP contribution in [0.2, 0.25) is 0 Å². The van der Waals surface area contributed by atoms with Gasteiger partial charge in [0.1, 0.15) is 12.6 Å². The highest BCUT2D eigenvalue weighted by atomic mass is 16.6. The number of hydrogen-bond donors (Lipinski definition) is 1. The highest BCUT2D eigenvalue weighted by molar-refractivity contribution is 5.96. The second-order valence-electron chi connectivity index (χ2n) is 6.61. The van der Waals surface area contributed by atoms with Crippen molar-refractivity contribution in [3.05, 3.63) is 112 Å². The Hall–Kier alpha value is -4.00. The van der Waals surface area contributed by atoms with Gasteiger partial charge in [0.2, 0.25) is 0 Å². The average Bonchev–Trinajstić information content (AvgIpc) is 2.78. The van der Waals surface area contributed by atoms with Crippen molar-refractivity contribution in [2.24, 2.45) is 0 Å². The highest BCUT2D eigenvalue weighted by Crippen LogP contribution is 2.13. The highest BCUT2D eigenvalue weighted by Gasteiger charge is 2.23. The van der Waals surface area contributed by atoms with Crippen molar-refractivity contribution in [2.75, 3.05) is 0 Å². The molecular formula is C23H20N2O5. The van der Waals surface area contributed by atoms with Crippen LogP contribution in [0, 0.1) is 10.1 Å². The van der Waals surface area contributed by atoms with Gasteiger partial charge in [0, 0.05) is 24.1 Å². The molecule has 0 spiro atoms. The fourth-order valence-electron chi connectivity index (χ4n) is 2.84. The van der Waals surface area contributed by atoms with Crippen LogP contribution in [0.1, 0.15) is 21.5 Å². The number of carbonyl (C=O) groups is 2. The van der Waals surface area contributed by atoms with Crippen molar-refractivity contribution in [1.82, 2.24) is 5.32 Å². The third-order valence-electron chi connectivity index (χ3n) is 4.44. The first-order valence-corrected chi connectivity index (χ1v) is 9.33. The largest absolute Gasteiger partial charge is 0.459 e. The van der Waals surface area contributed by atoms with Gasteiger partial charge in [-0.3, -0.25) is 14.9 Å². The summed E-state index contributed by atoms with van der Waals surface area (Å²) >= 11 is 0. The minimum absolute atomic E-state index is 0.0397. The van der Waals surface area contributed by atoms with E-state index in [-0.39, 0.29) is 24.6 Å². The van der Waals surface area contributed by atoms with Crippen molar-refractivity contribution < 1.29 is 19.2 Å². The molecule has 7 heteroatoms. The number of benzene rings is 3. The zero-order valence-corrected chi connectivity index (χ0v) is 16.1. The zero-order valence-electron chi connectivity index (χ0n) is 16.1. The first kappa shape index (κ1) is 20.7. The maximum Gasteiger partial charge on any atom is 0.329 e. The molecule has 0 fully saturated rings. The van der Waals surface area contributed by atoms with E-state index in [9.17, 15) is 19.7 Å². The van der Waals surface area contributed by atoms with Gasteiger partial charge in [-0.1, -0.05) is 48.5 Å². The summed E-state index contributed by atoms with van der Waals surface area (Å²) in [5.74, 6) is -0.953. The third-order valence-corrected chi connectivity index (χ3v) is 4.44. The Balaban J connectivity index is 1.69. The van der Waals surface area contributed by atoms with Crippen LogP contribution in [0.3, 0.4) is 0 Å². The second-order valence-corrected chi connectivity index (χ2v) is 6.61. The standard InChI is InChI=1S/C23H20N2O5/c26-22(19-9-5-2-6-10-19)24-21(15-17-7-3-1-4-8-17)23(27)30-16-18-11-13-20(14-12-18)25(28)29/h1-14,21H,15-16H2,(H,24,26)/t21-/m0/s1. The summed E-state index contributed by atoms with van der Waals surface area (Å²) in [6.45, 7) is -0.0523. The molecule has 30 heavy (non-hydrogen) atoms. The smallest absolute Gasteiger partial charge is 0.329 e. The third kappa shape index (κ3) is 5.75. The van der Waals surface area contributed by atoms with E-state index in [0.717, 1.165) is 5.56 Å². The molecule has 0 aliphatic carbocycles. The summed E-state index contributed by atoms with van der Waals surface area (Å²) in [5.41, 5.74) is 1.89. The van der Waals surface area contributed by atoms with Gasteiger partial charge in [-0.15, -0.1) is 0 Å². The summed E-state index contributed by atoms with van der Waals surface area (Å²) in [5, 5.41) is 13.5. The van der Waals surface area contributed by atoms with Crippen molar-refractivity contribution in [1.29, 1.82) is 0 Å². The number of ether oxygens (including phenoxy) is 1. The zero-order chi connectivity index (χ0) is 21.3. The van der Waals surface area contributed by atoms with Crippen molar-refractivity contribution >= 4 is 17.6 Å². The summed E-state index contributed by atoms with van der Waals surface area (Å²) in [6, 6.07) is 22.8. The van der Waals surface area contributed by atoms with Gasteiger partial charge < -0.3 is 10.1 Å². The molecule has 0 aromatic heterocycles. The molecule has 0 bridgehead atoms. The molecule has 1 atom stereocenters. The van der Waals surface area contributed by atoms with Gasteiger partial charge in [0.15, 0.2) is 0 Å². The monoisotopic (exact) mass is 404 g/mol. The molecule has 3 rings (SSSR count). The number of amides is 1. The number of non-ortho nitro benzene ring substituents is 1. The van der Waals surface area contributed by atoms with E-state index in [4.69, 9.17) is 4.74 Å². The topological polar surface area (TPSA) is 98.5 Å². The number of rotatable bonds is 8. The molecular weight excluding hydrogens is 384 g/mol. The number of nitrogens with zero attached hydrogens (tertiary/aromatic N) is 1. The molecule has 3 aromatic carbocycles. The normalized spacial score (nSPS) is 11.3. The first-order valence-electron chi connectivity index (χ1n) is 9.33. The number of nitro benzene ring substituents is 1. The molecule has 0 saturated heterocycles. The SMILES string of the molecule is O=C(N[C@@H](Cc1ccccc1)C(=O)OCc1ccc([N+](=O)[O-])cc1)c1ccccc1. The fourth-order valence-corrected chi connectivity index (χ4v) is 2.84. The summed E-state index contributed by atoms with van der Waals surface area (Å²) < 4.78 is 5.38. The number of carbonyl (C=O) groups excluding carboxylic acids is 2. The quantitative estimate of drug-likeness (QED) is 0.351. The van der Waals surface area contributed by atoms with Crippen LogP contribution in [0.4, 0.5) is 5.69 Å². The van der Waals surface area contributed by atoms with E-state index in [0.29, 0.717) is 11.1 Å². The molecule has 0 saturated carbocycles. The molecule has 7 nitrogen and oxygen atoms in total. The van der Waals surface area contributed by atoms with E-state index in [1.54, 1.807) is 30.3 Å². The van der Waals surface area contributed by atoms with Gasteiger partial charge in [-0.2, -0.15) is 0 Å². The number of esters is 1. The molecule has 0 unspecified atom stereocenters. The number of hydrogen-bond acceptors (Lipinski definition) is 5. The van der Waals surface area contributed by atoms with Gasteiger partial charge in [-0.05, 0) is 35.4 Å². The maximum atomic E-state index is 12.7. The van der Waals surface area contributed by atoms with E-state index in [1.165, 1.54) is 24.3 Å². The van der Waals surface area contributed by atoms with Crippen LogP contribution in [0.5, 0.6) is 0 Å². The molecule has 1 amide bonds. The molecule has 0 radical (unpaired) electrons. The van der Waals surface area contributed by atoms with Crippen LogP contribution in [-0.4, -0.2) is 22.8 Å². The summed E-state index contributed by atoms with van der Waals surface area (Å²) in [6.07, 6.45) is 0.276. The van der Waals surface area contributed by atoms with Crippen LogP contribution in [0.25, 0.3) is 0 Å². The lowest BCUT2D eigenvalue weighted by Crippen LogP contribution is -2.43. The summed E-state index contributed by atoms with van der Waals surface area (Å²) in [4.78, 5) is 35.5. The van der Waals surface area contributed by atoms with Gasteiger partial charge in [-0.25, -0.2) is 4.79 Å². The molecule has 0 aliphatic heterocycles. The van der Waals surface area contributed by atoms with E-state index in [2.05, 4.69) is 5.32 Å². The minimum Gasteiger partial charge on any atom is -0.459 e. The maximum absolute atomic E-state index is 12.7. The first-order chi connectivity index (χ1) is 14.5. The second kappa shape index (κ2) is 9.97. The molecule has 3 aromatic rings. The molecule has 0 aliphatic rings. The molecule has 1 N–H and O–H groups in total. The lowest BCUT2D eigenvalue weighted by molar-refractivity contribution is -0.384. The van der Waals surface area contributed by atoms with Crippen molar-refractivity contribution in [3.8, 4) is 0 Å². The van der Waals surface area contributed by atoms with Gasteiger partial charge >= 0.3 is 5.97 Å². The van der Waals surface area contributed by atoms with Crippen molar-refractivity contribution in [3.63, 3.8) is 0 Å². The lowest BCUT2D eigenvalue weighted by atomic mass is 10.1. The average molecular weight is 404 g/mol. The van der Waals surface area contributed by atoms with Crippen LogP contribution in [-0.2, 0) is 22.6 Å². The predicted molar refractivity (Wildman–Crippen MR) is 111 cm³/mol. The Morgan fingerprint density at radius 2 is 1.47 bits per heavy atom. The Morgan fingerprint density at radius 1 is 0.867 bits per heavy atom. The molecule has 0 heterocycles.